The third-order valence-electron chi connectivity index (χ3n) is 7.14. The largest absolute Gasteiger partial charge is 0.423 e. The Balaban J connectivity index is 1.54. The molecule has 1 aliphatic rings. The summed E-state index contributed by atoms with van der Waals surface area (Å²) in [5.41, 5.74) is 1.51. The van der Waals surface area contributed by atoms with Crippen molar-refractivity contribution in [1.82, 2.24) is 9.30 Å². The second-order valence-electron chi connectivity index (χ2n) is 9.66. The van der Waals surface area contributed by atoms with Gasteiger partial charge in [-0.15, -0.1) is 0 Å². The molecule has 188 valence electrons. The number of hydrogen-bond donors (Lipinski definition) is 0. The van der Waals surface area contributed by atoms with E-state index in [1.165, 1.54) is 19.3 Å². The number of nitrogens with zero attached hydrogens (tertiary/aromatic N) is 2. The van der Waals surface area contributed by atoms with Crippen LogP contribution in [0.1, 0.15) is 72.6 Å². The molecule has 0 amide bonds. The molecule has 3 aromatic heterocycles. The fraction of sp³-hybridized carbons (Fsp3) is 0.414. The summed E-state index contributed by atoms with van der Waals surface area (Å²) < 4.78 is 12.7. The van der Waals surface area contributed by atoms with Crippen LogP contribution in [0, 0.1) is 0 Å². The Kier molecular flexibility index (Phi) is 7.18. The number of aromatic nitrogens is 1. The van der Waals surface area contributed by atoms with Crippen LogP contribution in [0.4, 0.5) is 0 Å². The van der Waals surface area contributed by atoms with Crippen molar-refractivity contribution >= 4 is 22.5 Å². The topological polar surface area (TPSA) is 85.1 Å². The monoisotopic (exact) mass is 488 g/mol. The molecule has 4 aromatic rings. The number of rotatable bonds is 9. The van der Waals surface area contributed by atoms with Gasteiger partial charge < -0.3 is 18.1 Å². The van der Waals surface area contributed by atoms with Gasteiger partial charge in [0.1, 0.15) is 0 Å². The van der Waals surface area contributed by atoms with E-state index in [-0.39, 0.29) is 22.5 Å². The first kappa shape index (κ1) is 24.3. The Labute approximate surface area is 209 Å². The van der Waals surface area contributed by atoms with E-state index < -0.39 is 11.3 Å². The van der Waals surface area contributed by atoms with Crippen LogP contribution >= 0.6 is 0 Å². The van der Waals surface area contributed by atoms with E-state index in [9.17, 15) is 14.4 Å². The van der Waals surface area contributed by atoms with E-state index >= 15 is 0 Å². The molecule has 36 heavy (non-hydrogen) atoms. The van der Waals surface area contributed by atoms with Gasteiger partial charge >= 0.3 is 11.3 Å². The molecule has 0 radical (unpaired) electrons. The third kappa shape index (κ3) is 4.80. The number of carbonyl (C=O) groups excluding carboxylic acids is 1. The number of aryl methyl sites for hydroxylation is 2. The highest BCUT2D eigenvalue weighted by Crippen LogP contribution is 2.28. The summed E-state index contributed by atoms with van der Waals surface area (Å²) >= 11 is 0. The van der Waals surface area contributed by atoms with Crippen molar-refractivity contribution < 1.29 is 13.6 Å². The van der Waals surface area contributed by atoms with Crippen molar-refractivity contribution in [2.45, 2.75) is 58.3 Å². The summed E-state index contributed by atoms with van der Waals surface area (Å²) in [6, 6.07) is 11.4. The maximum Gasteiger partial charge on any atom is 0.423 e. The molecule has 1 fully saturated rings. The van der Waals surface area contributed by atoms with Gasteiger partial charge in [0.15, 0.2) is 11.2 Å². The number of pyridine rings is 1. The number of hydrogen-bond acceptors (Lipinski definition) is 6. The Morgan fingerprint density at radius 1 is 0.889 bits per heavy atom. The number of carbonyl (C=O) groups is 1. The first-order valence-corrected chi connectivity index (χ1v) is 13.0. The van der Waals surface area contributed by atoms with Gasteiger partial charge in [-0.2, -0.15) is 0 Å². The maximum absolute atomic E-state index is 13.9. The second kappa shape index (κ2) is 10.7. The highest BCUT2D eigenvalue weighted by Gasteiger charge is 2.24. The smallest absolute Gasteiger partial charge is 0.414 e. The number of ketones is 1. The molecule has 1 aromatic carbocycles. The Morgan fingerprint density at radius 2 is 1.64 bits per heavy atom. The molecule has 0 atom stereocenters. The molecule has 7 heteroatoms. The van der Waals surface area contributed by atoms with Crippen molar-refractivity contribution in [2.24, 2.45) is 0 Å². The van der Waals surface area contributed by atoms with Gasteiger partial charge in [0.05, 0.1) is 11.3 Å². The lowest BCUT2D eigenvalue weighted by Crippen LogP contribution is -2.30. The minimum Gasteiger partial charge on any atom is -0.414 e. The van der Waals surface area contributed by atoms with Crippen LogP contribution in [0.3, 0.4) is 0 Å². The molecule has 4 heterocycles. The van der Waals surface area contributed by atoms with Gasteiger partial charge in [-0.05, 0) is 93.6 Å². The molecular formula is C29H32N2O5. The van der Waals surface area contributed by atoms with Crippen LogP contribution in [0.2, 0.25) is 0 Å². The summed E-state index contributed by atoms with van der Waals surface area (Å²) in [7, 11) is 0. The Morgan fingerprint density at radius 3 is 2.42 bits per heavy atom. The molecule has 0 N–H and O–H groups in total. The fourth-order valence-corrected chi connectivity index (χ4v) is 5.26. The van der Waals surface area contributed by atoms with Gasteiger partial charge in [-0.3, -0.25) is 4.79 Å². The Hall–Kier alpha value is -3.45. The predicted molar refractivity (Wildman–Crippen MR) is 139 cm³/mol. The van der Waals surface area contributed by atoms with Crippen molar-refractivity contribution in [1.29, 1.82) is 0 Å². The average molecular weight is 489 g/mol. The van der Waals surface area contributed by atoms with E-state index in [0.717, 1.165) is 62.0 Å². The molecule has 0 spiro atoms. The maximum atomic E-state index is 13.9. The number of piperidine rings is 1. The predicted octanol–water partition coefficient (Wildman–Crippen LogP) is 4.99. The average Bonchev–Trinajstić information content (AvgIpc) is 3.27. The lowest BCUT2D eigenvalue weighted by molar-refractivity contribution is 0.103. The van der Waals surface area contributed by atoms with E-state index in [4.69, 9.17) is 8.83 Å². The second-order valence-corrected chi connectivity index (χ2v) is 9.66. The van der Waals surface area contributed by atoms with Crippen LogP contribution in [0.25, 0.3) is 16.7 Å². The van der Waals surface area contributed by atoms with Crippen LogP contribution < -0.4 is 11.3 Å². The molecule has 1 aliphatic heterocycles. The quantitative estimate of drug-likeness (QED) is 0.244. The number of unbranched alkanes of at least 4 members (excludes halogenated alkanes) is 1. The van der Waals surface area contributed by atoms with Gasteiger partial charge in [-0.25, -0.2) is 9.59 Å². The van der Waals surface area contributed by atoms with Crippen LogP contribution in [0.15, 0.2) is 61.0 Å². The lowest BCUT2D eigenvalue weighted by Gasteiger charge is -2.26. The molecular weight excluding hydrogens is 456 g/mol. The van der Waals surface area contributed by atoms with Crippen molar-refractivity contribution in [3.05, 3.63) is 85.8 Å². The fourth-order valence-electron chi connectivity index (χ4n) is 5.26. The zero-order valence-corrected chi connectivity index (χ0v) is 20.8. The molecule has 0 bridgehead atoms. The van der Waals surface area contributed by atoms with E-state index in [1.54, 1.807) is 6.07 Å². The highest BCUT2D eigenvalue weighted by atomic mass is 16.5. The van der Waals surface area contributed by atoms with E-state index in [0.29, 0.717) is 12.1 Å². The Bertz CT molecular complexity index is 1500. The molecule has 0 aliphatic carbocycles. The van der Waals surface area contributed by atoms with E-state index in [1.807, 2.05) is 40.9 Å². The standard InChI is InChI=1S/C29H32N2O5/c1-2-3-10-21-19-22-12-5-8-18-31(22)24(21)25(32)23-14-13-20(11-9-17-30-15-6-4-7-16-30)26-27(23)36-29(34)28(33)35-26/h5,8,12-14,18-19H,2-4,6-7,9-11,15-17H2,1H3. The van der Waals surface area contributed by atoms with Crippen molar-refractivity contribution in [3.63, 3.8) is 0 Å². The summed E-state index contributed by atoms with van der Waals surface area (Å²) in [6.07, 6.45) is 9.90. The normalized spacial score (nSPS) is 14.6. The van der Waals surface area contributed by atoms with Crippen LogP contribution in [0.5, 0.6) is 0 Å². The van der Waals surface area contributed by atoms with Gasteiger partial charge in [0.25, 0.3) is 0 Å². The lowest BCUT2D eigenvalue weighted by atomic mass is 9.98. The van der Waals surface area contributed by atoms with Crippen LogP contribution in [-0.2, 0) is 12.8 Å². The van der Waals surface area contributed by atoms with Crippen molar-refractivity contribution in [3.8, 4) is 0 Å². The third-order valence-corrected chi connectivity index (χ3v) is 7.14. The zero-order chi connectivity index (χ0) is 25.1. The zero-order valence-electron chi connectivity index (χ0n) is 20.8. The van der Waals surface area contributed by atoms with Gasteiger partial charge in [0, 0.05) is 11.7 Å². The number of fused-ring (bicyclic) bond motifs is 2. The highest BCUT2D eigenvalue weighted by molar-refractivity contribution is 6.15. The number of likely N-dealkylation sites (tertiary alicyclic amines) is 1. The molecule has 1 saturated heterocycles. The minimum atomic E-state index is -1.10. The first-order chi connectivity index (χ1) is 17.6. The number of benzene rings is 1. The summed E-state index contributed by atoms with van der Waals surface area (Å²) in [4.78, 5) is 40.6. The van der Waals surface area contributed by atoms with Crippen molar-refractivity contribution in [2.75, 3.05) is 19.6 Å². The van der Waals surface area contributed by atoms with Gasteiger partial charge in [0.2, 0.25) is 5.78 Å². The summed E-state index contributed by atoms with van der Waals surface area (Å²) in [6.45, 7) is 5.30. The molecule has 7 nitrogen and oxygen atoms in total. The summed E-state index contributed by atoms with van der Waals surface area (Å²) in [5, 5.41) is 0. The van der Waals surface area contributed by atoms with E-state index in [2.05, 4.69) is 11.8 Å². The SMILES string of the molecule is CCCCc1cc2ccccn2c1C(=O)c1ccc(CCCN2CCCCC2)c2oc(=O)c(=O)oc12. The first-order valence-electron chi connectivity index (χ1n) is 13.0. The van der Waals surface area contributed by atoms with Crippen LogP contribution in [-0.4, -0.2) is 34.7 Å². The minimum absolute atomic E-state index is 0.0485. The molecule has 0 saturated carbocycles. The van der Waals surface area contributed by atoms with Gasteiger partial charge in [-0.1, -0.05) is 31.9 Å². The molecule has 5 rings (SSSR count). The molecule has 0 unspecified atom stereocenters. The summed E-state index contributed by atoms with van der Waals surface area (Å²) in [5.74, 6) is -0.255.